The number of nitrogens with one attached hydrogen (secondary N) is 2. The lowest BCUT2D eigenvalue weighted by Gasteiger charge is -2.23. The molecule has 4 nitrogen and oxygen atoms in total. The van der Waals surface area contributed by atoms with Crippen LogP contribution < -0.4 is 10.6 Å². The molecule has 0 aliphatic carbocycles. The summed E-state index contributed by atoms with van der Waals surface area (Å²) in [6.45, 7) is 2.88. The van der Waals surface area contributed by atoms with Crippen molar-refractivity contribution >= 4 is 5.91 Å². The molecule has 1 aliphatic heterocycles. The maximum Gasteiger partial charge on any atom is 0.237 e. The minimum absolute atomic E-state index is 0.106. The Morgan fingerprint density at radius 3 is 2.79 bits per heavy atom. The Hall–Kier alpha value is -1.55. The van der Waals surface area contributed by atoms with Crippen LogP contribution in [0, 0.1) is 0 Å². The van der Waals surface area contributed by atoms with E-state index in [1.54, 1.807) is 12.1 Å². The van der Waals surface area contributed by atoms with Gasteiger partial charge in [-0.15, -0.1) is 0 Å². The van der Waals surface area contributed by atoms with Gasteiger partial charge in [-0.3, -0.25) is 10.1 Å². The van der Waals surface area contributed by atoms with Gasteiger partial charge in [0.2, 0.25) is 5.91 Å². The molecule has 3 N–H and O–H groups in total. The number of carbonyl (C=O) groups is 1. The van der Waals surface area contributed by atoms with Crippen LogP contribution in [0.15, 0.2) is 24.3 Å². The third kappa shape index (κ3) is 3.70. The lowest BCUT2D eigenvalue weighted by molar-refractivity contribution is -0.123. The smallest absolute Gasteiger partial charge is 0.237 e. The maximum absolute atomic E-state index is 11.9. The zero-order valence-electron chi connectivity index (χ0n) is 11.4. The van der Waals surface area contributed by atoms with Crippen molar-refractivity contribution in [3.05, 3.63) is 29.8 Å². The van der Waals surface area contributed by atoms with Crippen LogP contribution in [-0.4, -0.2) is 23.6 Å². The molecule has 0 aromatic heterocycles. The highest BCUT2D eigenvalue weighted by molar-refractivity contribution is 5.81. The largest absolute Gasteiger partial charge is 0.508 e. The molecule has 0 radical (unpaired) electrons. The summed E-state index contributed by atoms with van der Waals surface area (Å²) in [6.07, 6.45) is 3.93. The van der Waals surface area contributed by atoms with Crippen molar-refractivity contribution < 1.29 is 9.90 Å². The number of phenolic OH excluding ortho intramolecular Hbond substituents is 1. The molecule has 1 aromatic rings. The van der Waals surface area contributed by atoms with Crippen molar-refractivity contribution in [1.29, 1.82) is 0 Å². The van der Waals surface area contributed by atoms with E-state index in [0.29, 0.717) is 0 Å². The average Bonchev–Trinajstić information content (AvgIpc) is 2.62. The highest BCUT2D eigenvalue weighted by Crippen LogP contribution is 2.21. The molecule has 1 aliphatic rings. The van der Waals surface area contributed by atoms with Gasteiger partial charge in [-0.1, -0.05) is 19.1 Å². The third-order valence-electron chi connectivity index (χ3n) is 3.64. The van der Waals surface area contributed by atoms with Crippen LogP contribution in [0.25, 0.3) is 0 Å². The molecule has 2 atom stereocenters. The van der Waals surface area contributed by atoms with Gasteiger partial charge in [0.05, 0.1) is 6.04 Å². The van der Waals surface area contributed by atoms with Crippen LogP contribution in [0.5, 0.6) is 5.75 Å². The van der Waals surface area contributed by atoms with Crippen molar-refractivity contribution in [3.63, 3.8) is 0 Å². The third-order valence-corrected chi connectivity index (χ3v) is 3.64. The van der Waals surface area contributed by atoms with E-state index in [2.05, 4.69) is 17.6 Å². The number of hydrogen-bond donors (Lipinski definition) is 3. The first-order valence-electron chi connectivity index (χ1n) is 7.03. The van der Waals surface area contributed by atoms with E-state index in [4.69, 9.17) is 0 Å². The summed E-state index contributed by atoms with van der Waals surface area (Å²) in [5.41, 5.74) is 1.11. The lowest BCUT2D eigenvalue weighted by Crippen LogP contribution is -2.44. The molecule has 2 rings (SSSR count). The Labute approximate surface area is 114 Å². The number of aromatic hydroxyl groups is 1. The van der Waals surface area contributed by atoms with E-state index in [1.165, 1.54) is 0 Å². The normalized spacial score (nSPS) is 21.5. The van der Waals surface area contributed by atoms with E-state index in [1.807, 2.05) is 12.1 Å². The van der Waals surface area contributed by atoms with Gasteiger partial charge in [-0.2, -0.15) is 0 Å². The van der Waals surface area contributed by atoms with Crippen molar-refractivity contribution in [2.45, 2.75) is 44.7 Å². The predicted molar refractivity (Wildman–Crippen MR) is 74.9 cm³/mol. The first-order chi connectivity index (χ1) is 9.20. The van der Waals surface area contributed by atoms with Crippen LogP contribution in [0.3, 0.4) is 0 Å². The molecule has 19 heavy (non-hydrogen) atoms. The minimum atomic E-state index is -0.110. The Kier molecular flexibility index (Phi) is 4.80. The zero-order valence-corrected chi connectivity index (χ0v) is 11.4. The van der Waals surface area contributed by atoms with Gasteiger partial charge < -0.3 is 10.4 Å². The van der Waals surface area contributed by atoms with Gasteiger partial charge in [0.15, 0.2) is 0 Å². The van der Waals surface area contributed by atoms with Crippen LogP contribution >= 0.6 is 0 Å². The summed E-state index contributed by atoms with van der Waals surface area (Å²) >= 11 is 0. The average molecular weight is 262 g/mol. The minimum Gasteiger partial charge on any atom is -0.508 e. The Balaban J connectivity index is 2.05. The van der Waals surface area contributed by atoms with E-state index in [0.717, 1.165) is 37.8 Å². The van der Waals surface area contributed by atoms with Gasteiger partial charge in [0.25, 0.3) is 0 Å². The Bertz CT molecular complexity index is 417. The monoisotopic (exact) mass is 262 g/mol. The maximum atomic E-state index is 11.9. The lowest BCUT2D eigenvalue weighted by atomic mass is 10.0. The number of carbonyl (C=O) groups excluding carboxylic acids is 1. The van der Waals surface area contributed by atoms with Crippen LogP contribution in [0.4, 0.5) is 0 Å². The molecule has 0 bridgehead atoms. The number of rotatable bonds is 4. The number of phenols is 1. The summed E-state index contributed by atoms with van der Waals surface area (Å²) in [7, 11) is 0. The predicted octanol–water partition coefficient (Wildman–Crippen LogP) is 2.10. The van der Waals surface area contributed by atoms with Crippen LogP contribution in [0.1, 0.15) is 44.2 Å². The van der Waals surface area contributed by atoms with E-state index in [9.17, 15) is 9.90 Å². The van der Waals surface area contributed by atoms with E-state index >= 15 is 0 Å². The second-order valence-corrected chi connectivity index (χ2v) is 5.06. The summed E-state index contributed by atoms with van der Waals surface area (Å²) in [5, 5.41) is 15.7. The standard InChI is InChI=1S/C15H22N2O2/c1-2-13(11-6-8-12(18)9-7-11)17-14-5-3-4-10-16-15(14)19/h6-9,13-14,17-18H,2-5,10H2,1H3,(H,16,19). The highest BCUT2D eigenvalue weighted by atomic mass is 16.3. The molecule has 4 heteroatoms. The Morgan fingerprint density at radius 1 is 1.37 bits per heavy atom. The fourth-order valence-electron chi connectivity index (χ4n) is 2.50. The number of benzene rings is 1. The molecule has 1 saturated heterocycles. The van der Waals surface area contributed by atoms with Gasteiger partial charge in [-0.25, -0.2) is 0 Å². The summed E-state index contributed by atoms with van der Waals surface area (Å²) < 4.78 is 0. The van der Waals surface area contributed by atoms with Crippen LogP contribution in [0.2, 0.25) is 0 Å². The fraction of sp³-hybridized carbons (Fsp3) is 0.533. The molecule has 2 unspecified atom stereocenters. The zero-order chi connectivity index (χ0) is 13.7. The second kappa shape index (κ2) is 6.57. The molecular formula is C15H22N2O2. The molecule has 104 valence electrons. The van der Waals surface area contributed by atoms with Crippen LogP contribution in [-0.2, 0) is 4.79 Å². The second-order valence-electron chi connectivity index (χ2n) is 5.06. The molecule has 1 amide bonds. The molecule has 0 spiro atoms. The molecule has 0 saturated carbocycles. The van der Waals surface area contributed by atoms with E-state index < -0.39 is 0 Å². The fourth-order valence-corrected chi connectivity index (χ4v) is 2.50. The van der Waals surface area contributed by atoms with Gasteiger partial charge >= 0.3 is 0 Å². The molecule has 1 aromatic carbocycles. The summed E-state index contributed by atoms with van der Waals surface area (Å²) in [6, 6.07) is 7.23. The van der Waals surface area contributed by atoms with Gasteiger partial charge in [0.1, 0.15) is 5.75 Å². The topological polar surface area (TPSA) is 61.4 Å². The Morgan fingerprint density at radius 2 is 2.11 bits per heavy atom. The van der Waals surface area contributed by atoms with Crippen molar-refractivity contribution in [2.24, 2.45) is 0 Å². The van der Waals surface area contributed by atoms with Crippen molar-refractivity contribution in [1.82, 2.24) is 10.6 Å². The molecule has 1 heterocycles. The SMILES string of the molecule is CCC(NC1CCCCNC1=O)c1ccc(O)cc1. The van der Waals surface area contributed by atoms with Crippen molar-refractivity contribution in [3.8, 4) is 5.75 Å². The molecular weight excluding hydrogens is 240 g/mol. The first kappa shape index (κ1) is 13.9. The molecule has 1 fully saturated rings. The number of amides is 1. The van der Waals surface area contributed by atoms with Gasteiger partial charge in [0, 0.05) is 12.6 Å². The summed E-state index contributed by atoms with van der Waals surface area (Å²) in [5.74, 6) is 0.376. The summed E-state index contributed by atoms with van der Waals surface area (Å²) in [4.78, 5) is 11.9. The highest BCUT2D eigenvalue weighted by Gasteiger charge is 2.23. The van der Waals surface area contributed by atoms with Crippen molar-refractivity contribution in [2.75, 3.05) is 6.54 Å². The van der Waals surface area contributed by atoms with Gasteiger partial charge in [-0.05, 0) is 43.4 Å². The number of hydrogen-bond acceptors (Lipinski definition) is 3. The van der Waals surface area contributed by atoms with E-state index in [-0.39, 0.29) is 23.7 Å². The first-order valence-corrected chi connectivity index (χ1v) is 7.03. The quantitative estimate of drug-likeness (QED) is 0.778.